The Balaban J connectivity index is 1.95. The van der Waals surface area contributed by atoms with Crippen LogP contribution in [-0.2, 0) is 6.54 Å². The Bertz CT molecular complexity index is 638. The minimum atomic E-state index is -0.221. The normalized spacial score (nSPS) is 14.6. The van der Waals surface area contributed by atoms with Gasteiger partial charge in [-0.3, -0.25) is 0 Å². The predicted octanol–water partition coefficient (Wildman–Crippen LogP) is 5.05. The van der Waals surface area contributed by atoms with Gasteiger partial charge in [-0.15, -0.1) is 0 Å². The highest BCUT2D eigenvalue weighted by Crippen LogP contribution is 2.31. The second-order valence-electron chi connectivity index (χ2n) is 5.09. The van der Waals surface area contributed by atoms with Crippen LogP contribution in [0.4, 0.5) is 4.39 Å². The summed E-state index contributed by atoms with van der Waals surface area (Å²) in [6.07, 6.45) is 2.41. The van der Waals surface area contributed by atoms with Crippen molar-refractivity contribution < 1.29 is 4.39 Å². The molecule has 0 atom stereocenters. The van der Waals surface area contributed by atoms with Crippen LogP contribution in [0.1, 0.15) is 18.4 Å². The van der Waals surface area contributed by atoms with Gasteiger partial charge < -0.3 is 5.32 Å². The average molecular weight is 310 g/mol. The largest absolute Gasteiger partial charge is 0.310 e. The van der Waals surface area contributed by atoms with Crippen molar-refractivity contribution in [3.63, 3.8) is 0 Å². The van der Waals surface area contributed by atoms with Crippen LogP contribution in [0.2, 0.25) is 10.0 Å². The van der Waals surface area contributed by atoms with E-state index in [1.165, 1.54) is 18.9 Å². The third-order valence-electron chi connectivity index (χ3n) is 3.46. The lowest BCUT2D eigenvalue weighted by Crippen LogP contribution is -2.16. The molecular weight excluding hydrogens is 296 g/mol. The van der Waals surface area contributed by atoms with Gasteiger partial charge in [-0.1, -0.05) is 35.3 Å². The quantitative estimate of drug-likeness (QED) is 0.833. The van der Waals surface area contributed by atoms with Crippen molar-refractivity contribution in [1.29, 1.82) is 0 Å². The molecule has 0 bridgehead atoms. The van der Waals surface area contributed by atoms with E-state index in [0.717, 1.165) is 16.7 Å². The second kappa shape index (κ2) is 5.72. The average Bonchev–Trinajstić information content (AvgIpc) is 3.24. The first-order valence-corrected chi connectivity index (χ1v) is 7.36. The Labute approximate surface area is 127 Å². The van der Waals surface area contributed by atoms with E-state index in [4.69, 9.17) is 23.2 Å². The van der Waals surface area contributed by atoms with Gasteiger partial charge in [-0.05, 0) is 53.8 Å². The maximum Gasteiger partial charge on any atom is 0.123 e. The van der Waals surface area contributed by atoms with Crippen molar-refractivity contribution in [1.82, 2.24) is 5.32 Å². The molecule has 4 heteroatoms. The van der Waals surface area contributed by atoms with E-state index in [1.54, 1.807) is 18.2 Å². The molecule has 1 aliphatic carbocycles. The third-order valence-corrected chi connectivity index (χ3v) is 4.20. The van der Waals surface area contributed by atoms with Crippen molar-refractivity contribution in [3.05, 3.63) is 57.8 Å². The highest BCUT2D eigenvalue weighted by Gasteiger charge is 2.20. The van der Waals surface area contributed by atoms with E-state index in [2.05, 4.69) is 5.32 Å². The van der Waals surface area contributed by atoms with Gasteiger partial charge in [0.05, 0.1) is 10.0 Å². The summed E-state index contributed by atoms with van der Waals surface area (Å²) in [5, 5.41) is 4.44. The van der Waals surface area contributed by atoms with Crippen LogP contribution in [0.3, 0.4) is 0 Å². The van der Waals surface area contributed by atoms with E-state index in [1.807, 2.05) is 12.1 Å². The summed E-state index contributed by atoms with van der Waals surface area (Å²) in [7, 11) is 0. The van der Waals surface area contributed by atoms with Gasteiger partial charge in [-0.25, -0.2) is 4.39 Å². The molecule has 3 rings (SSSR count). The lowest BCUT2D eigenvalue weighted by Gasteiger charge is -2.11. The van der Waals surface area contributed by atoms with E-state index >= 15 is 0 Å². The summed E-state index contributed by atoms with van der Waals surface area (Å²) < 4.78 is 13.5. The Morgan fingerprint density at radius 1 is 1.05 bits per heavy atom. The fourth-order valence-corrected chi connectivity index (χ4v) is 2.49. The van der Waals surface area contributed by atoms with Gasteiger partial charge in [0.2, 0.25) is 0 Å². The van der Waals surface area contributed by atoms with Gasteiger partial charge in [0.25, 0.3) is 0 Å². The van der Waals surface area contributed by atoms with Crippen LogP contribution in [-0.4, -0.2) is 6.04 Å². The maximum atomic E-state index is 13.5. The summed E-state index contributed by atoms with van der Waals surface area (Å²) in [5.74, 6) is -0.221. The zero-order chi connectivity index (χ0) is 14.1. The van der Waals surface area contributed by atoms with Gasteiger partial charge >= 0.3 is 0 Å². The molecule has 0 heterocycles. The minimum Gasteiger partial charge on any atom is -0.310 e. The molecule has 20 heavy (non-hydrogen) atoms. The molecule has 0 amide bonds. The van der Waals surface area contributed by atoms with Crippen molar-refractivity contribution >= 4 is 23.2 Å². The molecular formula is C16H14Cl2FN. The Kier molecular flexibility index (Phi) is 3.97. The lowest BCUT2D eigenvalue weighted by atomic mass is 9.99. The number of benzene rings is 2. The summed E-state index contributed by atoms with van der Waals surface area (Å²) in [5.41, 5.74) is 2.88. The van der Waals surface area contributed by atoms with Crippen LogP contribution in [0.15, 0.2) is 36.4 Å². The molecule has 1 N–H and O–H groups in total. The lowest BCUT2D eigenvalue weighted by molar-refractivity contribution is 0.620. The molecule has 104 valence electrons. The highest BCUT2D eigenvalue weighted by atomic mass is 35.5. The number of halogens is 3. The monoisotopic (exact) mass is 309 g/mol. The zero-order valence-electron chi connectivity index (χ0n) is 10.8. The fourth-order valence-electron chi connectivity index (χ4n) is 2.20. The first-order valence-electron chi connectivity index (χ1n) is 6.61. The molecule has 1 aliphatic rings. The van der Waals surface area contributed by atoms with Crippen molar-refractivity contribution in [3.8, 4) is 11.1 Å². The third kappa shape index (κ3) is 3.14. The molecule has 1 saturated carbocycles. The molecule has 0 unspecified atom stereocenters. The van der Waals surface area contributed by atoms with Crippen molar-refractivity contribution in [2.24, 2.45) is 0 Å². The fraction of sp³-hybridized carbons (Fsp3) is 0.250. The topological polar surface area (TPSA) is 12.0 Å². The Morgan fingerprint density at radius 3 is 2.55 bits per heavy atom. The summed E-state index contributed by atoms with van der Waals surface area (Å²) >= 11 is 12.0. The van der Waals surface area contributed by atoms with E-state index in [0.29, 0.717) is 22.6 Å². The maximum absolute atomic E-state index is 13.5. The second-order valence-corrected chi connectivity index (χ2v) is 5.90. The smallest absolute Gasteiger partial charge is 0.123 e. The Morgan fingerprint density at radius 2 is 1.85 bits per heavy atom. The van der Waals surface area contributed by atoms with Gasteiger partial charge in [0.1, 0.15) is 5.82 Å². The van der Waals surface area contributed by atoms with Crippen LogP contribution in [0, 0.1) is 5.82 Å². The standard InChI is InChI=1S/C16H14Cl2FN/c17-15-6-1-10(8-16(15)18)14-5-2-12(19)7-11(14)9-20-13-3-4-13/h1-2,5-8,13,20H,3-4,9H2. The molecule has 2 aromatic carbocycles. The van der Waals surface area contributed by atoms with Gasteiger partial charge in [0.15, 0.2) is 0 Å². The summed E-state index contributed by atoms with van der Waals surface area (Å²) in [6, 6.07) is 10.9. The van der Waals surface area contributed by atoms with Gasteiger partial charge in [-0.2, -0.15) is 0 Å². The molecule has 2 aromatic rings. The number of hydrogen-bond donors (Lipinski definition) is 1. The molecule has 1 nitrogen and oxygen atoms in total. The molecule has 0 spiro atoms. The van der Waals surface area contributed by atoms with E-state index in [-0.39, 0.29) is 5.82 Å². The van der Waals surface area contributed by atoms with Crippen LogP contribution < -0.4 is 5.32 Å². The van der Waals surface area contributed by atoms with Gasteiger partial charge in [0, 0.05) is 12.6 Å². The number of hydrogen-bond acceptors (Lipinski definition) is 1. The Hall–Kier alpha value is -1.09. The van der Waals surface area contributed by atoms with Crippen LogP contribution >= 0.6 is 23.2 Å². The first kappa shape index (κ1) is 13.9. The number of nitrogens with one attached hydrogen (secondary N) is 1. The van der Waals surface area contributed by atoms with E-state index < -0.39 is 0 Å². The number of rotatable bonds is 4. The molecule has 1 fully saturated rings. The summed E-state index contributed by atoms with van der Waals surface area (Å²) in [6.45, 7) is 0.665. The van der Waals surface area contributed by atoms with Crippen molar-refractivity contribution in [2.75, 3.05) is 0 Å². The predicted molar refractivity (Wildman–Crippen MR) is 81.7 cm³/mol. The first-order chi connectivity index (χ1) is 9.63. The molecule has 0 aliphatic heterocycles. The van der Waals surface area contributed by atoms with Crippen LogP contribution in [0.25, 0.3) is 11.1 Å². The zero-order valence-corrected chi connectivity index (χ0v) is 12.3. The van der Waals surface area contributed by atoms with E-state index in [9.17, 15) is 4.39 Å². The van der Waals surface area contributed by atoms with Crippen molar-refractivity contribution in [2.45, 2.75) is 25.4 Å². The highest BCUT2D eigenvalue weighted by molar-refractivity contribution is 6.42. The molecule has 0 saturated heterocycles. The molecule has 0 aromatic heterocycles. The minimum absolute atomic E-state index is 0.221. The molecule has 0 radical (unpaired) electrons. The summed E-state index contributed by atoms with van der Waals surface area (Å²) in [4.78, 5) is 0. The van der Waals surface area contributed by atoms with Crippen LogP contribution in [0.5, 0.6) is 0 Å². The SMILES string of the molecule is Fc1ccc(-c2ccc(Cl)c(Cl)c2)c(CNC2CC2)c1.